The molecule has 1 aliphatic heterocycles. The second-order valence-electron chi connectivity index (χ2n) is 3.83. The minimum absolute atomic E-state index is 0.175. The van der Waals surface area contributed by atoms with Crippen LogP contribution in [0.5, 0.6) is 0 Å². The highest BCUT2D eigenvalue weighted by Crippen LogP contribution is 2.25. The first-order valence-electron chi connectivity index (χ1n) is 4.74. The summed E-state index contributed by atoms with van der Waals surface area (Å²) in [5.74, 6) is -0.175. The van der Waals surface area contributed by atoms with Gasteiger partial charge in [0, 0.05) is 26.2 Å². The summed E-state index contributed by atoms with van der Waals surface area (Å²) in [6.07, 6.45) is 1.11. The molecule has 0 aliphatic carbocycles. The third kappa shape index (κ3) is 2.04. The van der Waals surface area contributed by atoms with Gasteiger partial charge in [0.15, 0.2) is 0 Å². The molecule has 3 heteroatoms. The van der Waals surface area contributed by atoms with Gasteiger partial charge in [0.05, 0.1) is 12.7 Å². The van der Waals surface area contributed by atoms with Crippen LogP contribution in [0.2, 0.25) is 0 Å². The van der Waals surface area contributed by atoms with Crippen LogP contribution in [-0.2, 0) is 11.2 Å². The van der Waals surface area contributed by atoms with Crippen molar-refractivity contribution in [1.29, 1.82) is 0 Å². The van der Waals surface area contributed by atoms with Crippen LogP contribution in [-0.4, -0.2) is 26.8 Å². The van der Waals surface area contributed by atoms with Crippen molar-refractivity contribution in [2.24, 2.45) is 0 Å². The predicted octanol–water partition coefficient (Wildman–Crippen LogP) is 1.83. The Balaban J connectivity index is 2.27. The first-order valence-corrected chi connectivity index (χ1v) is 4.74. The lowest BCUT2D eigenvalue weighted by Crippen LogP contribution is -2.12. The summed E-state index contributed by atoms with van der Waals surface area (Å²) in [5.41, 5.74) is 2.10. The number of benzene rings is 1. The van der Waals surface area contributed by atoms with Crippen LogP contribution >= 0.6 is 0 Å². The van der Waals surface area contributed by atoms with Gasteiger partial charge in [-0.15, -0.1) is 0 Å². The monoisotopic (exact) mass is 195 g/mol. The molecular weight excluding hydrogens is 181 g/mol. The van der Waals surface area contributed by atoms with Crippen LogP contribution in [0.4, 0.5) is 10.1 Å². The molecule has 0 amide bonds. The Hall–Kier alpha value is -1.09. The van der Waals surface area contributed by atoms with Crippen molar-refractivity contribution in [3.05, 3.63) is 29.6 Å². The minimum Gasteiger partial charge on any atom is -0.377 e. The van der Waals surface area contributed by atoms with E-state index in [1.165, 1.54) is 6.07 Å². The Bertz CT molecular complexity index is 334. The molecule has 0 aromatic heterocycles. The van der Waals surface area contributed by atoms with E-state index >= 15 is 0 Å². The van der Waals surface area contributed by atoms with E-state index in [9.17, 15) is 4.39 Å². The molecule has 1 aliphatic rings. The van der Waals surface area contributed by atoms with Gasteiger partial charge in [0.1, 0.15) is 5.82 Å². The summed E-state index contributed by atoms with van der Waals surface area (Å²) >= 11 is 0. The fourth-order valence-corrected chi connectivity index (χ4v) is 1.59. The lowest BCUT2D eigenvalue weighted by Gasteiger charge is -2.16. The second kappa shape index (κ2) is 3.58. The van der Waals surface area contributed by atoms with Crippen LogP contribution in [0, 0.1) is 5.82 Å². The van der Waals surface area contributed by atoms with Crippen molar-refractivity contribution >= 4 is 5.69 Å². The van der Waals surface area contributed by atoms with E-state index in [1.807, 2.05) is 25.1 Å². The highest BCUT2D eigenvalue weighted by atomic mass is 19.1. The van der Waals surface area contributed by atoms with Crippen molar-refractivity contribution < 1.29 is 9.13 Å². The summed E-state index contributed by atoms with van der Waals surface area (Å²) in [6, 6.07) is 4.90. The van der Waals surface area contributed by atoms with Crippen molar-refractivity contribution in [2.75, 3.05) is 25.6 Å². The Morgan fingerprint density at radius 1 is 1.50 bits per heavy atom. The highest BCUT2D eigenvalue weighted by molar-refractivity contribution is 5.53. The van der Waals surface area contributed by atoms with Gasteiger partial charge >= 0.3 is 0 Å². The lowest BCUT2D eigenvalue weighted by molar-refractivity contribution is 0.407. The van der Waals surface area contributed by atoms with Crippen LogP contribution in [0.3, 0.4) is 0 Å². The van der Waals surface area contributed by atoms with E-state index < -0.39 is 0 Å². The number of halogens is 1. The third-order valence-corrected chi connectivity index (χ3v) is 2.37. The molecule has 2 nitrogen and oxygen atoms in total. The Morgan fingerprint density at radius 3 is 2.79 bits per heavy atom. The normalized spacial score (nSPS) is 19.5. The number of nitrogens with zero attached hydrogens (tertiary/aromatic N) is 1. The quantitative estimate of drug-likeness (QED) is 0.684. The molecule has 1 aromatic rings. The number of hydrogen-bond acceptors (Lipinski definition) is 2. The number of epoxide rings is 1. The Labute approximate surface area is 83.3 Å². The summed E-state index contributed by atoms with van der Waals surface area (Å²) < 4.78 is 18.2. The standard InChI is InChI=1S/C11H14FNO/c1-13(2)11-4-3-9(12)5-8(11)6-10-7-14-10/h3-5,10H,6-7H2,1-2H3. The maximum absolute atomic E-state index is 13.0. The summed E-state index contributed by atoms with van der Waals surface area (Å²) in [5, 5.41) is 0. The molecule has 0 spiro atoms. The zero-order chi connectivity index (χ0) is 10.1. The number of anilines is 1. The van der Waals surface area contributed by atoms with Gasteiger partial charge in [0.25, 0.3) is 0 Å². The SMILES string of the molecule is CN(C)c1ccc(F)cc1CC1CO1. The molecule has 0 radical (unpaired) electrons. The van der Waals surface area contributed by atoms with E-state index in [1.54, 1.807) is 6.07 Å². The van der Waals surface area contributed by atoms with E-state index in [0.29, 0.717) is 6.10 Å². The molecule has 0 N–H and O–H groups in total. The third-order valence-electron chi connectivity index (χ3n) is 2.37. The molecule has 1 heterocycles. The molecule has 0 bridgehead atoms. The van der Waals surface area contributed by atoms with Gasteiger partial charge in [-0.1, -0.05) is 0 Å². The van der Waals surface area contributed by atoms with Crippen LogP contribution in [0.1, 0.15) is 5.56 Å². The van der Waals surface area contributed by atoms with E-state index in [2.05, 4.69) is 0 Å². The summed E-state index contributed by atoms with van der Waals surface area (Å²) in [6.45, 7) is 0.809. The molecule has 1 atom stereocenters. The number of hydrogen-bond donors (Lipinski definition) is 0. The molecule has 1 fully saturated rings. The van der Waals surface area contributed by atoms with Gasteiger partial charge in [0.2, 0.25) is 0 Å². The minimum atomic E-state index is -0.175. The second-order valence-corrected chi connectivity index (χ2v) is 3.83. The molecule has 2 rings (SSSR count). The smallest absolute Gasteiger partial charge is 0.123 e. The van der Waals surface area contributed by atoms with Crippen LogP contribution in [0.15, 0.2) is 18.2 Å². The maximum atomic E-state index is 13.0. The average Bonchev–Trinajstić information content (AvgIpc) is 2.87. The van der Waals surface area contributed by atoms with Gasteiger partial charge < -0.3 is 9.64 Å². The topological polar surface area (TPSA) is 15.8 Å². The van der Waals surface area contributed by atoms with Crippen molar-refractivity contribution in [2.45, 2.75) is 12.5 Å². The predicted molar refractivity (Wildman–Crippen MR) is 54.2 cm³/mol. The first-order chi connectivity index (χ1) is 6.66. The molecule has 14 heavy (non-hydrogen) atoms. The summed E-state index contributed by atoms with van der Waals surface area (Å²) in [4.78, 5) is 2.00. The van der Waals surface area contributed by atoms with Gasteiger partial charge in [-0.05, 0) is 23.8 Å². The molecule has 0 saturated carbocycles. The van der Waals surface area contributed by atoms with Crippen molar-refractivity contribution in [1.82, 2.24) is 0 Å². The zero-order valence-corrected chi connectivity index (χ0v) is 8.46. The molecule has 1 aromatic carbocycles. The lowest BCUT2D eigenvalue weighted by atomic mass is 10.1. The number of ether oxygens (including phenoxy) is 1. The van der Waals surface area contributed by atoms with E-state index in [0.717, 1.165) is 24.3 Å². The number of rotatable bonds is 3. The van der Waals surface area contributed by atoms with Crippen molar-refractivity contribution in [3.8, 4) is 0 Å². The van der Waals surface area contributed by atoms with Crippen LogP contribution in [0.25, 0.3) is 0 Å². The van der Waals surface area contributed by atoms with Gasteiger partial charge in [-0.2, -0.15) is 0 Å². The Kier molecular flexibility index (Phi) is 2.42. The molecular formula is C11H14FNO. The van der Waals surface area contributed by atoms with Gasteiger partial charge in [-0.3, -0.25) is 0 Å². The van der Waals surface area contributed by atoms with Crippen molar-refractivity contribution in [3.63, 3.8) is 0 Å². The Morgan fingerprint density at radius 2 is 2.21 bits per heavy atom. The maximum Gasteiger partial charge on any atom is 0.123 e. The fraction of sp³-hybridized carbons (Fsp3) is 0.455. The largest absolute Gasteiger partial charge is 0.377 e. The first kappa shape index (κ1) is 9.46. The molecule has 76 valence electrons. The molecule has 1 saturated heterocycles. The van der Waals surface area contributed by atoms with E-state index in [4.69, 9.17) is 4.74 Å². The average molecular weight is 195 g/mol. The highest BCUT2D eigenvalue weighted by Gasteiger charge is 2.24. The summed E-state index contributed by atoms with van der Waals surface area (Å²) in [7, 11) is 3.93. The van der Waals surface area contributed by atoms with E-state index in [-0.39, 0.29) is 5.82 Å². The van der Waals surface area contributed by atoms with Gasteiger partial charge in [-0.25, -0.2) is 4.39 Å². The molecule has 1 unspecified atom stereocenters. The van der Waals surface area contributed by atoms with Crippen LogP contribution < -0.4 is 4.90 Å². The fourth-order valence-electron chi connectivity index (χ4n) is 1.59. The zero-order valence-electron chi connectivity index (χ0n) is 8.46.